The van der Waals surface area contributed by atoms with Crippen molar-refractivity contribution in [1.29, 1.82) is 0 Å². The predicted octanol–water partition coefficient (Wildman–Crippen LogP) is 3.78. The van der Waals surface area contributed by atoms with Crippen LogP contribution in [0, 0.1) is 20.8 Å². The van der Waals surface area contributed by atoms with Gasteiger partial charge in [0.25, 0.3) is 5.56 Å². The van der Waals surface area contributed by atoms with Crippen molar-refractivity contribution < 1.29 is 8.97 Å². The Hall–Kier alpha value is -2.45. The molecular formula is C21H26N4O3S. The molecule has 7 nitrogen and oxygen atoms in total. The first kappa shape index (κ1) is 21.3. The number of hydrogen-bond donors (Lipinski definition) is 0. The Morgan fingerprint density at radius 2 is 1.86 bits per heavy atom. The average Bonchev–Trinajstić information content (AvgIpc) is 2.95. The minimum absolute atomic E-state index is 0.187. The van der Waals surface area contributed by atoms with Crippen molar-refractivity contribution >= 4 is 28.0 Å². The zero-order valence-corrected chi connectivity index (χ0v) is 18.9. The highest BCUT2D eigenvalue weighted by Gasteiger charge is 2.27. The van der Waals surface area contributed by atoms with E-state index in [2.05, 4.69) is 9.38 Å². The highest BCUT2D eigenvalue weighted by Crippen LogP contribution is 2.26. The highest BCUT2D eigenvalue weighted by atomic mass is 32.2. The van der Waals surface area contributed by atoms with E-state index in [9.17, 15) is 9.35 Å². The fourth-order valence-electron chi connectivity index (χ4n) is 3.05. The number of aromatic nitrogens is 3. The quantitative estimate of drug-likeness (QED) is 0.480. The Balaban J connectivity index is 2.34. The van der Waals surface area contributed by atoms with Gasteiger partial charge in [-0.2, -0.15) is 0 Å². The Labute approximate surface area is 173 Å². The number of hydrogen-bond acceptors (Lipinski definition) is 6. The lowest BCUT2D eigenvalue weighted by molar-refractivity contribution is 0.526. The van der Waals surface area contributed by atoms with Gasteiger partial charge in [0.15, 0.2) is 17.5 Å². The molecule has 0 amide bonds. The third-order valence-electron chi connectivity index (χ3n) is 4.56. The van der Waals surface area contributed by atoms with Crippen molar-refractivity contribution in [2.45, 2.75) is 53.2 Å². The number of benzene rings is 1. The van der Waals surface area contributed by atoms with Crippen LogP contribution in [0.25, 0.3) is 22.5 Å². The normalized spacial score (nSPS) is 13.9. The highest BCUT2D eigenvalue weighted by molar-refractivity contribution is 7.91. The topological polar surface area (TPSA) is 96.3 Å². The van der Waals surface area contributed by atoms with Crippen LogP contribution in [0.2, 0.25) is 0 Å². The summed E-state index contributed by atoms with van der Waals surface area (Å²) in [6.45, 7) is 12.9. The van der Waals surface area contributed by atoms with E-state index in [1.165, 1.54) is 4.57 Å². The van der Waals surface area contributed by atoms with E-state index in [4.69, 9.17) is 9.40 Å². The third-order valence-corrected chi connectivity index (χ3v) is 6.05. The third kappa shape index (κ3) is 4.00. The minimum Gasteiger partial charge on any atom is -0.591 e. The summed E-state index contributed by atoms with van der Waals surface area (Å²) in [5, 5.41) is 0.483. The van der Waals surface area contributed by atoms with E-state index >= 15 is 0 Å². The zero-order valence-electron chi connectivity index (χ0n) is 18.1. The van der Waals surface area contributed by atoms with E-state index in [-0.39, 0.29) is 5.56 Å². The zero-order chi connectivity index (χ0) is 21.7. The molecule has 0 spiro atoms. The lowest BCUT2D eigenvalue weighted by Crippen LogP contribution is -2.27. The van der Waals surface area contributed by atoms with Crippen molar-refractivity contribution in [3.05, 3.63) is 45.2 Å². The maximum absolute atomic E-state index is 13.1. The molecule has 0 bridgehead atoms. The number of nitrogens with zero attached hydrogens (tertiary/aromatic N) is 4. The van der Waals surface area contributed by atoms with Crippen LogP contribution in [0.4, 0.5) is 0 Å². The molecule has 0 N–H and O–H groups in total. The summed E-state index contributed by atoms with van der Waals surface area (Å²) in [6.07, 6.45) is 0. The lowest BCUT2D eigenvalue weighted by atomic mass is 10.0. The Bertz CT molecular complexity index is 1190. The summed E-state index contributed by atoms with van der Waals surface area (Å²) < 4.78 is 23.6. The van der Waals surface area contributed by atoms with E-state index < -0.39 is 16.1 Å². The van der Waals surface area contributed by atoms with Gasteiger partial charge in [-0.15, -0.1) is 0 Å². The molecule has 0 aliphatic rings. The van der Waals surface area contributed by atoms with E-state index in [0.717, 1.165) is 5.56 Å². The molecule has 0 saturated heterocycles. The van der Waals surface area contributed by atoms with Gasteiger partial charge in [-0.1, -0.05) is 4.40 Å². The van der Waals surface area contributed by atoms with Crippen molar-refractivity contribution in [3.8, 4) is 11.6 Å². The van der Waals surface area contributed by atoms with Crippen molar-refractivity contribution in [3.63, 3.8) is 0 Å². The molecule has 0 fully saturated rings. The van der Waals surface area contributed by atoms with Gasteiger partial charge >= 0.3 is 0 Å². The van der Waals surface area contributed by atoms with Gasteiger partial charge in [0.2, 0.25) is 0 Å². The van der Waals surface area contributed by atoms with E-state index in [0.29, 0.717) is 45.3 Å². The fourth-order valence-corrected chi connectivity index (χ4v) is 3.67. The first-order valence-corrected chi connectivity index (χ1v) is 10.4. The van der Waals surface area contributed by atoms with Gasteiger partial charge in [0, 0.05) is 19.5 Å². The first-order valence-electron chi connectivity index (χ1n) is 9.33. The van der Waals surface area contributed by atoms with Gasteiger partial charge in [-0.25, -0.2) is 9.97 Å². The molecule has 1 atom stereocenters. The van der Waals surface area contributed by atoms with Gasteiger partial charge in [-0.05, 0) is 59.2 Å². The molecule has 0 aliphatic carbocycles. The van der Waals surface area contributed by atoms with Gasteiger partial charge in [0.05, 0.1) is 22.3 Å². The Kier molecular flexibility index (Phi) is 5.44. The molecule has 154 valence electrons. The lowest BCUT2D eigenvalue weighted by Gasteiger charge is -2.19. The molecule has 29 heavy (non-hydrogen) atoms. The largest absolute Gasteiger partial charge is 0.591 e. The fraction of sp³-hybridized carbons (Fsp3) is 0.429. The van der Waals surface area contributed by atoms with E-state index in [1.54, 1.807) is 20.9 Å². The number of fused-ring (bicyclic) bond motifs is 1. The molecule has 0 radical (unpaired) electrons. The average molecular weight is 415 g/mol. The van der Waals surface area contributed by atoms with Crippen LogP contribution in [-0.4, -0.2) is 29.5 Å². The Morgan fingerprint density at radius 1 is 1.21 bits per heavy atom. The summed E-state index contributed by atoms with van der Waals surface area (Å²) >= 11 is -1.42. The minimum atomic E-state index is -1.42. The van der Waals surface area contributed by atoms with Crippen LogP contribution < -0.4 is 5.56 Å². The molecule has 1 unspecified atom stereocenters. The summed E-state index contributed by atoms with van der Waals surface area (Å²) in [6, 6.07) is 3.72. The second kappa shape index (κ2) is 7.42. The first-order chi connectivity index (χ1) is 13.4. The SMILES string of the molecule is CC(=N[S+]([O-])C(C)(C)C)c1cc(C)cc2c(=O)n(C)c(-c3oc(C)nc3C)nc12. The molecule has 3 rings (SSSR count). The number of aryl methyl sites for hydroxylation is 3. The van der Waals surface area contributed by atoms with E-state index in [1.807, 2.05) is 46.8 Å². The van der Waals surface area contributed by atoms with Crippen LogP contribution in [0.3, 0.4) is 0 Å². The summed E-state index contributed by atoms with van der Waals surface area (Å²) in [7, 11) is 1.67. The van der Waals surface area contributed by atoms with Crippen molar-refractivity contribution in [2.75, 3.05) is 0 Å². The maximum Gasteiger partial charge on any atom is 0.261 e. The smallest absolute Gasteiger partial charge is 0.261 e. The second-order valence-corrected chi connectivity index (χ2v) is 10.1. The second-order valence-electron chi connectivity index (χ2n) is 8.19. The predicted molar refractivity (Wildman–Crippen MR) is 117 cm³/mol. The van der Waals surface area contributed by atoms with Crippen LogP contribution in [0.5, 0.6) is 0 Å². The summed E-state index contributed by atoms with van der Waals surface area (Å²) in [5.41, 5.74) is 3.15. The van der Waals surface area contributed by atoms with Crippen LogP contribution in [0.15, 0.2) is 25.7 Å². The molecule has 2 aromatic heterocycles. The van der Waals surface area contributed by atoms with Crippen LogP contribution in [-0.2, 0) is 18.4 Å². The van der Waals surface area contributed by atoms with Crippen molar-refractivity contribution in [1.82, 2.24) is 14.5 Å². The molecule has 0 saturated carbocycles. The van der Waals surface area contributed by atoms with Crippen LogP contribution >= 0.6 is 0 Å². The molecule has 0 aliphatic heterocycles. The summed E-state index contributed by atoms with van der Waals surface area (Å²) in [4.78, 5) is 22.2. The monoisotopic (exact) mass is 414 g/mol. The number of oxazole rings is 1. The Morgan fingerprint density at radius 3 is 2.41 bits per heavy atom. The molecule has 8 heteroatoms. The summed E-state index contributed by atoms with van der Waals surface area (Å²) in [5.74, 6) is 1.37. The van der Waals surface area contributed by atoms with Gasteiger partial charge in [0.1, 0.15) is 16.1 Å². The van der Waals surface area contributed by atoms with Crippen LogP contribution in [0.1, 0.15) is 50.4 Å². The molecule has 1 aromatic carbocycles. The standard InChI is InChI=1S/C21H26N4O3S/c1-11-9-15(12(2)24-29(27)21(5,6)7)17-16(10-11)20(26)25(8)19(23-17)18-13(3)22-14(4)28-18/h9-10H,1-8H3. The van der Waals surface area contributed by atoms with Gasteiger partial charge in [-0.3, -0.25) is 9.36 Å². The number of rotatable bonds is 3. The molecule has 2 heterocycles. The molecule has 3 aromatic rings. The molecular weight excluding hydrogens is 388 g/mol. The van der Waals surface area contributed by atoms with Crippen molar-refractivity contribution in [2.24, 2.45) is 11.4 Å². The maximum atomic E-state index is 13.1. The van der Waals surface area contributed by atoms with Gasteiger partial charge < -0.3 is 8.97 Å².